The lowest BCUT2D eigenvalue weighted by Gasteiger charge is -2.13. The van der Waals surface area contributed by atoms with Crippen LogP contribution in [-0.4, -0.2) is 31.0 Å². The van der Waals surface area contributed by atoms with Crippen molar-refractivity contribution in [1.29, 1.82) is 0 Å². The predicted molar refractivity (Wildman–Crippen MR) is 87.1 cm³/mol. The average molecular weight is 302 g/mol. The number of ketones is 1. The fourth-order valence-corrected chi connectivity index (χ4v) is 1.96. The van der Waals surface area contributed by atoms with Crippen molar-refractivity contribution in [2.45, 2.75) is 13.8 Å². The van der Waals surface area contributed by atoms with Gasteiger partial charge in [0.1, 0.15) is 0 Å². The zero-order valence-corrected chi connectivity index (χ0v) is 13.3. The molecule has 1 unspecified atom stereocenters. The standard InChI is InChI=1S/C17H22N2O3/c1-12(5-10-16(20)18-22)11-13(2)17(21)14-6-8-15(9-7-14)19(3)4/h5-11,13,22H,1-4H3,(H,18,20)/b10-5+,12-11+. The van der Waals surface area contributed by atoms with Crippen LogP contribution in [0.5, 0.6) is 0 Å². The fraction of sp³-hybridized carbons (Fsp3) is 0.294. The largest absolute Gasteiger partial charge is 0.378 e. The van der Waals surface area contributed by atoms with Crippen molar-refractivity contribution in [3.63, 3.8) is 0 Å². The van der Waals surface area contributed by atoms with Gasteiger partial charge in [-0.2, -0.15) is 0 Å². The molecule has 1 rings (SSSR count). The molecule has 1 aromatic rings. The van der Waals surface area contributed by atoms with Crippen LogP contribution < -0.4 is 10.4 Å². The van der Waals surface area contributed by atoms with Crippen molar-refractivity contribution in [3.05, 3.63) is 53.6 Å². The van der Waals surface area contributed by atoms with Gasteiger partial charge < -0.3 is 4.90 Å². The molecule has 0 aliphatic rings. The molecule has 0 bridgehead atoms. The number of benzene rings is 1. The van der Waals surface area contributed by atoms with Crippen LogP contribution in [0.2, 0.25) is 0 Å². The number of Topliss-reactive ketones (excluding diaryl/α,β-unsaturated/α-hetero) is 1. The Kier molecular flexibility index (Phi) is 6.53. The van der Waals surface area contributed by atoms with Crippen LogP contribution in [0, 0.1) is 5.92 Å². The van der Waals surface area contributed by atoms with Crippen LogP contribution in [0.3, 0.4) is 0 Å². The van der Waals surface area contributed by atoms with Gasteiger partial charge in [-0.25, -0.2) is 5.48 Å². The molecule has 1 aromatic carbocycles. The summed E-state index contributed by atoms with van der Waals surface area (Å²) in [6, 6.07) is 7.43. The van der Waals surface area contributed by atoms with Gasteiger partial charge >= 0.3 is 0 Å². The summed E-state index contributed by atoms with van der Waals surface area (Å²) in [5.74, 6) is -0.886. The van der Waals surface area contributed by atoms with Crippen LogP contribution in [0.1, 0.15) is 24.2 Å². The Morgan fingerprint density at radius 3 is 2.27 bits per heavy atom. The summed E-state index contributed by atoms with van der Waals surface area (Å²) >= 11 is 0. The van der Waals surface area contributed by atoms with Gasteiger partial charge in [0.2, 0.25) is 0 Å². The van der Waals surface area contributed by atoms with E-state index in [0.29, 0.717) is 5.56 Å². The lowest BCUT2D eigenvalue weighted by Crippen LogP contribution is -2.15. The third-order valence-electron chi connectivity index (χ3n) is 3.20. The number of nitrogens with zero attached hydrogens (tertiary/aromatic N) is 1. The highest BCUT2D eigenvalue weighted by Gasteiger charge is 2.13. The Morgan fingerprint density at radius 1 is 1.18 bits per heavy atom. The zero-order chi connectivity index (χ0) is 16.7. The van der Waals surface area contributed by atoms with Gasteiger partial charge in [0.05, 0.1) is 0 Å². The molecule has 0 radical (unpaired) electrons. The van der Waals surface area contributed by atoms with Crippen LogP contribution in [0.15, 0.2) is 48.1 Å². The smallest absolute Gasteiger partial charge is 0.267 e. The van der Waals surface area contributed by atoms with E-state index in [1.165, 1.54) is 11.6 Å². The first-order valence-corrected chi connectivity index (χ1v) is 6.97. The molecule has 118 valence electrons. The van der Waals surface area contributed by atoms with Gasteiger partial charge in [0, 0.05) is 37.3 Å². The van der Waals surface area contributed by atoms with E-state index in [1.54, 1.807) is 19.1 Å². The summed E-state index contributed by atoms with van der Waals surface area (Å²) < 4.78 is 0. The number of carbonyl (C=O) groups excluding carboxylic acids is 2. The van der Waals surface area contributed by atoms with E-state index in [2.05, 4.69) is 0 Å². The Morgan fingerprint density at radius 2 is 1.77 bits per heavy atom. The summed E-state index contributed by atoms with van der Waals surface area (Å²) in [7, 11) is 3.89. The molecule has 0 spiro atoms. The number of rotatable bonds is 6. The number of hydrogen-bond donors (Lipinski definition) is 2. The number of hydroxylamine groups is 1. The number of hydrogen-bond acceptors (Lipinski definition) is 4. The Balaban J connectivity index is 2.79. The van der Waals surface area contributed by atoms with E-state index in [1.807, 2.05) is 50.2 Å². The van der Waals surface area contributed by atoms with E-state index >= 15 is 0 Å². The highest BCUT2D eigenvalue weighted by molar-refractivity contribution is 5.99. The van der Waals surface area contributed by atoms with E-state index in [-0.39, 0.29) is 11.7 Å². The summed E-state index contributed by atoms with van der Waals surface area (Å²) in [5, 5.41) is 8.40. The molecule has 5 heteroatoms. The van der Waals surface area contributed by atoms with E-state index < -0.39 is 5.91 Å². The first kappa shape index (κ1) is 17.7. The Hall–Kier alpha value is -2.40. The van der Waals surface area contributed by atoms with Crippen molar-refractivity contribution in [2.24, 2.45) is 5.92 Å². The minimum atomic E-state index is -0.606. The SMILES string of the molecule is CC(/C=C/C(=O)NO)=C\C(C)C(=O)c1ccc(N(C)C)cc1. The molecule has 0 aliphatic heterocycles. The molecule has 2 N–H and O–H groups in total. The second-order valence-corrected chi connectivity index (χ2v) is 5.31. The first-order chi connectivity index (χ1) is 10.3. The Bertz CT molecular complexity index is 586. The summed E-state index contributed by atoms with van der Waals surface area (Å²) in [6.45, 7) is 3.60. The molecule has 5 nitrogen and oxygen atoms in total. The number of carbonyl (C=O) groups is 2. The van der Waals surface area contributed by atoms with Crippen LogP contribution >= 0.6 is 0 Å². The van der Waals surface area contributed by atoms with Crippen LogP contribution in [0.25, 0.3) is 0 Å². The maximum atomic E-state index is 12.4. The van der Waals surface area contributed by atoms with E-state index in [4.69, 9.17) is 5.21 Å². The van der Waals surface area contributed by atoms with Crippen LogP contribution in [-0.2, 0) is 4.79 Å². The van der Waals surface area contributed by atoms with Gasteiger partial charge in [-0.15, -0.1) is 0 Å². The van der Waals surface area contributed by atoms with Crippen molar-refractivity contribution < 1.29 is 14.8 Å². The number of nitrogens with one attached hydrogen (secondary N) is 1. The third-order valence-corrected chi connectivity index (χ3v) is 3.20. The molecule has 0 fully saturated rings. The predicted octanol–water partition coefficient (Wildman–Crippen LogP) is 2.58. The van der Waals surface area contributed by atoms with Gasteiger partial charge in [-0.05, 0) is 31.2 Å². The first-order valence-electron chi connectivity index (χ1n) is 6.97. The molecular formula is C17H22N2O3. The fourth-order valence-electron chi connectivity index (χ4n) is 1.96. The summed E-state index contributed by atoms with van der Waals surface area (Å²) in [5.41, 5.74) is 3.97. The lowest BCUT2D eigenvalue weighted by atomic mass is 9.97. The molecule has 0 saturated heterocycles. The van der Waals surface area contributed by atoms with Gasteiger partial charge in [-0.3, -0.25) is 14.8 Å². The minimum absolute atomic E-state index is 0.0182. The molecule has 22 heavy (non-hydrogen) atoms. The molecule has 0 saturated carbocycles. The van der Waals surface area contributed by atoms with Crippen molar-refractivity contribution in [2.75, 3.05) is 19.0 Å². The minimum Gasteiger partial charge on any atom is -0.378 e. The quantitative estimate of drug-likeness (QED) is 0.279. The normalized spacial score (nSPS) is 13.0. The Labute approximate surface area is 130 Å². The second-order valence-electron chi connectivity index (χ2n) is 5.31. The van der Waals surface area contributed by atoms with E-state index in [9.17, 15) is 9.59 Å². The van der Waals surface area contributed by atoms with Gasteiger partial charge in [0.15, 0.2) is 5.78 Å². The molecule has 1 atom stereocenters. The highest BCUT2D eigenvalue weighted by Crippen LogP contribution is 2.17. The second kappa shape index (κ2) is 8.14. The molecule has 0 aromatic heterocycles. The number of amides is 1. The lowest BCUT2D eigenvalue weighted by molar-refractivity contribution is -0.124. The number of allylic oxidation sites excluding steroid dienone is 3. The molecular weight excluding hydrogens is 280 g/mol. The van der Waals surface area contributed by atoms with Crippen molar-refractivity contribution >= 4 is 17.4 Å². The monoisotopic (exact) mass is 302 g/mol. The molecule has 0 heterocycles. The average Bonchev–Trinajstić information content (AvgIpc) is 2.51. The zero-order valence-electron chi connectivity index (χ0n) is 13.3. The van der Waals surface area contributed by atoms with E-state index in [0.717, 1.165) is 11.3 Å². The topological polar surface area (TPSA) is 69.6 Å². The van der Waals surface area contributed by atoms with Gasteiger partial charge in [0.25, 0.3) is 5.91 Å². The van der Waals surface area contributed by atoms with Crippen LogP contribution in [0.4, 0.5) is 5.69 Å². The van der Waals surface area contributed by atoms with Crippen molar-refractivity contribution in [3.8, 4) is 0 Å². The summed E-state index contributed by atoms with van der Waals surface area (Å²) in [4.78, 5) is 25.2. The summed E-state index contributed by atoms with van der Waals surface area (Å²) in [6.07, 6.45) is 4.53. The molecule has 1 amide bonds. The maximum Gasteiger partial charge on any atom is 0.267 e. The maximum absolute atomic E-state index is 12.4. The highest BCUT2D eigenvalue weighted by atomic mass is 16.5. The molecule has 0 aliphatic carbocycles. The van der Waals surface area contributed by atoms with Gasteiger partial charge in [-0.1, -0.05) is 24.6 Å². The third kappa shape index (κ3) is 5.18. The van der Waals surface area contributed by atoms with Crippen molar-refractivity contribution in [1.82, 2.24) is 5.48 Å². The number of anilines is 1.